The Morgan fingerprint density at radius 3 is 2.62 bits per heavy atom. The molecule has 3 heteroatoms. The zero-order chi connectivity index (χ0) is 15.3. The second-order valence-electron chi connectivity index (χ2n) is 7.17. The Bertz CT molecular complexity index is 534. The van der Waals surface area contributed by atoms with Gasteiger partial charge < -0.3 is 15.2 Å². The Labute approximate surface area is 127 Å². The fraction of sp³-hybridized carbons (Fsp3) is 0.667. The molecule has 2 N–H and O–H groups in total. The summed E-state index contributed by atoms with van der Waals surface area (Å²) in [5, 5.41) is 0. The molecular formula is C18H27NO2. The quantitative estimate of drug-likeness (QED) is 0.919. The minimum Gasteiger partial charge on any atom is -0.486 e. The van der Waals surface area contributed by atoms with E-state index in [9.17, 15) is 0 Å². The first-order valence-electron chi connectivity index (χ1n) is 8.15. The first kappa shape index (κ1) is 14.7. The van der Waals surface area contributed by atoms with Gasteiger partial charge in [-0.1, -0.05) is 26.0 Å². The van der Waals surface area contributed by atoms with Gasteiger partial charge in [0, 0.05) is 29.9 Å². The molecule has 0 aromatic heterocycles. The lowest BCUT2D eigenvalue weighted by Crippen LogP contribution is -2.62. The maximum Gasteiger partial charge on any atom is 0.165 e. The Kier molecular flexibility index (Phi) is 3.44. The summed E-state index contributed by atoms with van der Waals surface area (Å²) in [6.07, 6.45) is 4.22. The molecule has 1 aromatic carbocycles. The monoisotopic (exact) mass is 289 g/mol. The molecule has 2 atom stereocenters. The predicted octanol–water partition coefficient (Wildman–Crippen LogP) is 3.68. The Balaban J connectivity index is 1.84. The van der Waals surface area contributed by atoms with Crippen LogP contribution in [0.5, 0.6) is 11.5 Å². The largest absolute Gasteiger partial charge is 0.486 e. The maximum atomic E-state index is 6.35. The zero-order valence-electron chi connectivity index (χ0n) is 13.6. The number of para-hydroxylation sites is 1. The summed E-state index contributed by atoms with van der Waals surface area (Å²) < 4.78 is 12.5. The van der Waals surface area contributed by atoms with E-state index in [1.807, 2.05) is 6.07 Å². The third-order valence-electron chi connectivity index (χ3n) is 5.49. The molecule has 0 radical (unpaired) electrons. The molecule has 2 unspecified atom stereocenters. The third kappa shape index (κ3) is 2.22. The number of rotatable bonds is 4. The van der Waals surface area contributed by atoms with Gasteiger partial charge in [0.25, 0.3) is 0 Å². The van der Waals surface area contributed by atoms with Crippen molar-refractivity contribution in [1.82, 2.24) is 0 Å². The maximum absolute atomic E-state index is 6.35. The van der Waals surface area contributed by atoms with Crippen molar-refractivity contribution >= 4 is 0 Å². The molecule has 0 amide bonds. The molecule has 1 aromatic rings. The van der Waals surface area contributed by atoms with Crippen molar-refractivity contribution in [1.29, 1.82) is 0 Å². The fourth-order valence-electron chi connectivity index (χ4n) is 4.01. The summed E-state index contributed by atoms with van der Waals surface area (Å²) in [7, 11) is 0. The van der Waals surface area contributed by atoms with E-state index in [1.165, 1.54) is 5.56 Å². The van der Waals surface area contributed by atoms with Crippen LogP contribution in [0.3, 0.4) is 0 Å². The fourth-order valence-corrected chi connectivity index (χ4v) is 4.01. The summed E-state index contributed by atoms with van der Waals surface area (Å²) in [5.74, 6) is 1.82. The van der Waals surface area contributed by atoms with Crippen LogP contribution >= 0.6 is 0 Å². The van der Waals surface area contributed by atoms with Gasteiger partial charge in [-0.15, -0.1) is 0 Å². The lowest BCUT2D eigenvalue weighted by molar-refractivity contribution is -0.0736. The smallest absolute Gasteiger partial charge is 0.165 e. The van der Waals surface area contributed by atoms with Crippen molar-refractivity contribution in [2.24, 2.45) is 11.1 Å². The number of fused-ring (bicyclic) bond motifs is 1. The van der Waals surface area contributed by atoms with E-state index in [-0.39, 0.29) is 23.2 Å². The van der Waals surface area contributed by atoms with Gasteiger partial charge >= 0.3 is 0 Å². The molecule has 0 spiro atoms. The first-order valence-corrected chi connectivity index (χ1v) is 8.15. The summed E-state index contributed by atoms with van der Waals surface area (Å²) in [6.45, 7) is 8.68. The molecule has 0 bridgehead atoms. The van der Waals surface area contributed by atoms with E-state index in [0.29, 0.717) is 0 Å². The molecule has 2 aliphatic rings. The van der Waals surface area contributed by atoms with Crippen LogP contribution in [0, 0.1) is 5.41 Å². The molecule has 1 saturated carbocycles. The van der Waals surface area contributed by atoms with E-state index >= 15 is 0 Å². The highest BCUT2D eigenvalue weighted by molar-refractivity contribution is 5.50. The van der Waals surface area contributed by atoms with Crippen LogP contribution in [0.2, 0.25) is 0 Å². The van der Waals surface area contributed by atoms with Crippen LogP contribution in [0.25, 0.3) is 0 Å². The summed E-state index contributed by atoms with van der Waals surface area (Å²) in [5.41, 5.74) is 7.50. The van der Waals surface area contributed by atoms with E-state index in [0.717, 1.165) is 37.2 Å². The van der Waals surface area contributed by atoms with Gasteiger partial charge in [-0.05, 0) is 32.8 Å². The van der Waals surface area contributed by atoms with Gasteiger partial charge in [-0.25, -0.2) is 0 Å². The molecule has 1 heterocycles. The minimum atomic E-state index is -0.135. The average Bonchev–Trinajstić information content (AvgIpc) is 2.74. The number of ether oxygens (including phenoxy) is 2. The average molecular weight is 289 g/mol. The summed E-state index contributed by atoms with van der Waals surface area (Å²) in [6, 6.07) is 6.49. The van der Waals surface area contributed by atoms with Crippen LogP contribution in [0.1, 0.15) is 52.5 Å². The highest BCUT2D eigenvalue weighted by Gasteiger charge is 2.52. The van der Waals surface area contributed by atoms with Crippen LogP contribution < -0.4 is 15.2 Å². The van der Waals surface area contributed by atoms with E-state index in [4.69, 9.17) is 15.2 Å². The Morgan fingerprint density at radius 1 is 1.29 bits per heavy atom. The lowest BCUT2D eigenvalue weighted by Gasteiger charge is -2.53. The molecule has 116 valence electrons. The Hall–Kier alpha value is -1.22. The molecule has 1 fully saturated rings. The van der Waals surface area contributed by atoms with Crippen LogP contribution in [-0.4, -0.2) is 17.7 Å². The predicted molar refractivity (Wildman–Crippen MR) is 84.9 cm³/mol. The first-order chi connectivity index (χ1) is 9.92. The van der Waals surface area contributed by atoms with Crippen molar-refractivity contribution in [3.8, 4) is 11.5 Å². The second kappa shape index (κ2) is 4.91. The van der Waals surface area contributed by atoms with Crippen molar-refractivity contribution in [3.05, 3.63) is 23.8 Å². The molecule has 0 saturated heterocycles. The normalized spacial score (nSPS) is 28.4. The molecule has 3 rings (SSSR count). The number of hydrogen-bond acceptors (Lipinski definition) is 3. The van der Waals surface area contributed by atoms with Crippen molar-refractivity contribution in [2.45, 2.75) is 71.1 Å². The Morgan fingerprint density at radius 2 is 2.00 bits per heavy atom. The van der Waals surface area contributed by atoms with Gasteiger partial charge in [-0.3, -0.25) is 0 Å². The third-order valence-corrected chi connectivity index (χ3v) is 5.49. The number of nitrogens with two attached hydrogens (primary N) is 1. The van der Waals surface area contributed by atoms with Gasteiger partial charge in [0.2, 0.25) is 0 Å². The van der Waals surface area contributed by atoms with Crippen LogP contribution in [-0.2, 0) is 6.42 Å². The van der Waals surface area contributed by atoms with Gasteiger partial charge in [0.15, 0.2) is 11.5 Å². The highest BCUT2D eigenvalue weighted by Crippen LogP contribution is 2.50. The van der Waals surface area contributed by atoms with Crippen molar-refractivity contribution in [2.75, 3.05) is 0 Å². The summed E-state index contributed by atoms with van der Waals surface area (Å²) >= 11 is 0. The van der Waals surface area contributed by atoms with Crippen molar-refractivity contribution < 1.29 is 9.47 Å². The van der Waals surface area contributed by atoms with E-state index in [1.54, 1.807) is 0 Å². The van der Waals surface area contributed by atoms with Gasteiger partial charge in [0.05, 0.1) is 0 Å². The number of benzene rings is 1. The topological polar surface area (TPSA) is 44.5 Å². The van der Waals surface area contributed by atoms with Crippen molar-refractivity contribution in [3.63, 3.8) is 0 Å². The number of hydrogen-bond donors (Lipinski definition) is 1. The molecular weight excluding hydrogens is 262 g/mol. The van der Waals surface area contributed by atoms with Crippen LogP contribution in [0.4, 0.5) is 0 Å². The van der Waals surface area contributed by atoms with Gasteiger partial charge in [-0.2, -0.15) is 0 Å². The van der Waals surface area contributed by atoms with Crippen LogP contribution in [0.15, 0.2) is 18.2 Å². The molecule has 1 aliphatic carbocycles. The second-order valence-corrected chi connectivity index (χ2v) is 7.17. The SMILES string of the molecule is CCC1(CC)C(N)CC1Oc1cccc2c1OC(C)(C)C2. The molecule has 21 heavy (non-hydrogen) atoms. The molecule has 3 nitrogen and oxygen atoms in total. The molecule has 1 aliphatic heterocycles. The summed E-state index contributed by atoms with van der Waals surface area (Å²) in [4.78, 5) is 0. The minimum absolute atomic E-state index is 0.122. The zero-order valence-corrected chi connectivity index (χ0v) is 13.6. The van der Waals surface area contributed by atoms with E-state index in [2.05, 4.69) is 39.8 Å². The van der Waals surface area contributed by atoms with E-state index < -0.39 is 0 Å². The highest BCUT2D eigenvalue weighted by atomic mass is 16.5. The lowest BCUT2D eigenvalue weighted by atomic mass is 9.59. The van der Waals surface area contributed by atoms with Gasteiger partial charge in [0.1, 0.15) is 11.7 Å². The standard InChI is InChI=1S/C18H27NO2/c1-5-18(6-2)14(19)10-15(18)20-13-9-7-8-12-11-17(3,4)21-16(12)13/h7-9,14-15H,5-6,10-11,19H2,1-4H3.